The minimum Gasteiger partial charge on any atom is -0.504 e. The van der Waals surface area contributed by atoms with Gasteiger partial charge in [-0.25, -0.2) is 4.39 Å². The van der Waals surface area contributed by atoms with E-state index < -0.39 is 0 Å². The van der Waals surface area contributed by atoms with Crippen molar-refractivity contribution in [3.63, 3.8) is 0 Å². The van der Waals surface area contributed by atoms with Gasteiger partial charge in [-0.1, -0.05) is 18.2 Å². The zero-order chi connectivity index (χ0) is 17.5. The van der Waals surface area contributed by atoms with Crippen LogP contribution in [0.5, 0.6) is 11.5 Å². The molecule has 0 aliphatic heterocycles. The molecule has 0 spiro atoms. The van der Waals surface area contributed by atoms with Gasteiger partial charge < -0.3 is 14.7 Å². The Morgan fingerprint density at radius 2 is 2.00 bits per heavy atom. The second-order valence-electron chi connectivity index (χ2n) is 5.81. The summed E-state index contributed by atoms with van der Waals surface area (Å²) >= 11 is 0. The van der Waals surface area contributed by atoms with E-state index in [1.54, 1.807) is 30.5 Å². The van der Waals surface area contributed by atoms with Gasteiger partial charge in [-0.15, -0.1) is 0 Å². The highest BCUT2D eigenvalue weighted by Gasteiger charge is 2.17. The molecule has 24 heavy (non-hydrogen) atoms. The highest BCUT2D eigenvalue weighted by Crippen LogP contribution is 2.28. The first-order chi connectivity index (χ1) is 11.5. The summed E-state index contributed by atoms with van der Waals surface area (Å²) in [5, 5.41) is 10.2. The van der Waals surface area contributed by atoms with Crippen LogP contribution in [0.25, 0.3) is 0 Å². The average molecular weight is 331 g/mol. The van der Waals surface area contributed by atoms with Gasteiger partial charge in [-0.3, -0.25) is 4.99 Å². The van der Waals surface area contributed by atoms with Gasteiger partial charge in [0.05, 0.1) is 27.2 Å². The standard InChI is InChI=1S/C19H23FN2O2/c1-4-24-18-10-6-8-15(19(18)23)12-21-13-17(22(2)3)14-7-5-9-16(20)11-14/h5-12,17,23H,4,13H2,1-3H3/p+1/t17-/m1/s1. The van der Waals surface area contributed by atoms with Crippen molar-refractivity contribution in [1.29, 1.82) is 0 Å². The molecule has 2 rings (SSSR count). The van der Waals surface area contributed by atoms with Gasteiger partial charge in [-0.05, 0) is 31.2 Å². The molecule has 2 aromatic rings. The number of ether oxygens (including phenoxy) is 1. The molecule has 2 N–H and O–H groups in total. The molecule has 0 bridgehead atoms. The van der Waals surface area contributed by atoms with Crippen molar-refractivity contribution in [1.82, 2.24) is 0 Å². The lowest BCUT2D eigenvalue weighted by Crippen LogP contribution is -3.06. The maximum atomic E-state index is 13.5. The number of nitrogens with zero attached hydrogens (tertiary/aromatic N) is 1. The van der Waals surface area contributed by atoms with Gasteiger partial charge in [0.25, 0.3) is 0 Å². The maximum absolute atomic E-state index is 13.5. The van der Waals surface area contributed by atoms with E-state index in [9.17, 15) is 9.50 Å². The van der Waals surface area contributed by atoms with Crippen LogP contribution in [0.1, 0.15) is 24.1 Å². The number of para-hydroxylation sites is 1. The lowest BCUT2D eigenvalue weighted by molar-refractivity contribution is -0.890. The molecule has 0 aliphatic carbocycles. The number of aromatic hydroxyl groups is 1. The first-order valence-corrected chi connectivity index (χ1v) is 8.03. The van der Waals surface area contributed by atoms with E-state index in [1.165, 1.54) is 6.07 Å². The third-order valence-electron chi connectivity index (χ3n) is 3.80. The van der Waals surface area contributed by atoms with E-state index in [0.29, 0.717) is 24.5 Å². The number of benzene rings is 2. The third kappa shape index (κ3) is 4.55. The van der Waals surface area contributed by atoms with Crippen molar-refractivity contribution in [2.75, 3.05) is 27.2 Å². The fourth-order valence-electron chi connectivity index (χ4n) is 2.52. The topological polar surface area (TPSA) is 46.3 Å². The summed E-state index contributed by atoms with van der Waals surface area (Å²) in [6.45, 7) is 2.84. The Kier molecular flexibility index (Phi) is 6.32. The van der Waals surface area contributed by atoms with Crippen LogP contribution >= 0.6 is 0 Å². The Morgan fingerprint density at radius 1 is 1.25 bits per heavy atom. The lowest BCUT2D eigenvalue weighted by atomic mass is 10.1. The molecule has 128 valence electrons. The van der Waals surface area contributed by atoms with Crippen LogP contribution in [0.2, 0.25) is 0 Å². The summed E-state index contributed by atoms with van der Waals surface area (Å²) in [5.41, 5.74) is 1.51. The molecule has 0 aromatic heterocycles. The van der Waals surface area contributed by atoms with E-state index in [4.69, 9.17) is 4.74 Å². The van der Waals surface area contributed by atoms with Crippen molar-refractivity contribution >= 4 is 6.21 Å². The zero-order valence-corrected chi connectivity index (χ0v) is 14.3. The van der Waals surface area contributed by atoms with Crippen LogP contribution in [-0.2, 0) is 0 Å². The molecule has 0 saturated heterocycles. The molecule has 0 unspecified atom stereocenters. The fourth-order valence-corrected chi connectivity index (χ4v) is 2.52. The van der Waals surface area contributed by atoms with E-state index in [-0.39, 0.29) is 17.6 Å². The molecular weight excluding hydrogens is 307 g/mol. The summed E-state index contributed by atoms with van der Waals surface area (Å²) in [6, 6.07) is 11.9. The number of rotatable bonds is 7. The van der Waals surface area contributed by atoms with Crippen LogP contribution in [0, 0.1) is 5.82 Å². The number of nitrogens with one attached hydrogen (secondary N) is 1. The van der Waals surface area contributed by atoms with Gasteiger partial charge in [-0.2, -0.15) is 0 Å². The Hall–Kier alpha value is -2.40. The SMILES string of the molecule is CCOc1cccc(C=NC[C@H](c2cccc(F)c2)[NH+](C)C)c1O. The molecule has 1 atom stereocenters. The van der Waals surface area contributed by atoms with Crippen LogP contribution in [0.3, 0.4) is 0 Å². The highest BCUT2D eigenvalue weighted by molar-refractivity contribution is 5.84. The normalized spacial score (nSPS) is 12.7. The van der Waals surface area contributed by atoms with Crippen molar-refractivity contribution in [3.8, 4) is 11.5 Å². The number of quaternary nitrogens is 1. The Labute approximate surface area is 142 Å². The van der Waals surface area contributed by atoms with Crippen LogP contribution in [0.15, 0.2) is 47.5 Å². The van der Waals surface area contributed by atoms with Crippen molar-refractivity contribution in [3.05, 3.63) is 59.4 Å². The summed E-state index contributed by atoms with van der Waals surface area (Å²) in [7, 11) is 4.02. The summed E-state index contributed by atoms with van der Waals surface area (Å²) in [4.78, 5) is 5.60. The van der Waals surface area contributed by atoms with Crippen molar-refractivity contribution < 1.29 is 19.1 Å². The van der Waals surface area contributed by atoms with E-state index in [1.807, 2.05) is 33.2 Å². The molecule has 0 radical (unpaired) electrons. The Morgan fingerprint density at radius 3 is 2.67 bits per heavy atom. The number of hydrogen-bond acceptors (Lipinski definition) is 3. The summed E-state index contributed by atoms with van der Waals surface area (Å²) in [5.74, 6) is 0.286. The number of aliphatic imine (C=N–C) groups is 1. The van der Waals surface area contributed by atoms with Crippen LogP contribution in [-0.4, -0.2) is 38.6 Å². The molecule has 0 heterocycles. The van der Waals surface area contributed by atoms with Crippen LogP contribution < -0.4 is 9.64 Å². The van der Waals surface area contributed by atoms with Crippen molar-refractivity contribution in [2.24, 2.45) is 4.99 Å². The lowest BCUT2D eigenvalue weighted by Gasteiger charge is -2.20. The van der Waals surface area contributed by atoms with Gasteiger partial charge in [0.15, 0.2) is 11.5 Å². The van der Waals surface area contributed by atoms with Gasteiger partial charge >= 0.3 is 0 Å². The smallest absolute Gasteiger partial charge is 0.166 e. The quantitative estimate of drug-likeness (QED) is 0.765. The first kappa shape index (κ1) is 17.9. The second-order valence-corrected chi connectivity index (χ2v) is 5.81. The molecule has 4 nitrogen and oxygen atoms in total. The zero-order valence-electron chi connectivity index (χ0n) is 14.3. The fraction of sp³-hybridized carbons (Fsp3) is 0.316. The minimum atomic E-state index is -0.246. The first-order valence-electron chi connectivity index (χ1n) is 8.03. The number of phenolic OH excluding ortho intramolecular Hbond substituents is 1. The van der Waals surface area contributed by atoms with Gasteiger partial charge in [0.2, 0.25) is 0 Å². The molecule has 0 aliphatic rings. The van der Waals surface area contributed by atoms with E-state index in [0.717, 1.165) is 10.5 Å². The number of hydrogen-bond donors (Lipinski definition) is 2. The third-order valence-corrected chi connectivity index (χ3v) is 3.80. The largest absolute Gasteiger partial charge is 0.504 e. The Balaban J connectivity index is 2.15. The number of halogens is 1. The Bertz CT molecular complexity index is 702. The second kappa shape index (κ2) is 8.45. The summed E-state index contributed by atoms with van der Waals surface area (Å²) in [6.07, 6.45) is 1.63. The average Bonchev–Trinajstić information content (AvgIpc) is 2.54. The van der Waals surface area contributed by atoms with E-state index >= 15 is 0 Å². The molecule has 0 fully saturated rings. The number of likely N-dealkylation sites (N-methyl/N-ethyl adjacent to an activating group) is 1. The molecular formula is C19H24FN2O2+. The predicted molar refractivity (Wildman–Crippen MR) is 93.7 cm³/mol. The molecule has 2 aromatic carbocycles. The monoisotopic (exact) mass is 331 g/mol. The highest BCUT2D eigenvalue weighted by atomic mass is 19.1. The molecule has 0 amide bonds. The van der Waals surface area contributed by atoms with Gasteiger partial charge in [0, 0.05) is 17.3 Å². The summed E-state index contributed by atoms with van der Waals surface area (Å²) < 4.78 is 18.8. The van der Waals surface area contributed by atoms with Crippen molar-refractivity contribution in [2.45, 2.75) is 13.0 Å². The number of phenols is 1. The minimum absolute atomic E-state index is 0.0363. The maximum Gasteiger partial charge on any atom is 0.166 e. The van der Waals surface area contributed by atoms with Crippen LogP contribution in [0.4, 0.5) is 4.39 Å². The predicted octanol–water partition coefficient (Wildman–Crippen LogP) is 2.23. The van der Waals surface area contributed by atoms with E-state index in [2.05, 4.69) is 4.99 Å². The van der Waals surface area contributed by atoms with Gasteiger partial charge in [0.1, 0.15) is 11.9 Å². The molecule has 5 heteroatoms. The molecule has 0 saturated carbocycles.